The van der Waals surface area contributed by atoms with Crippen LogP contribution in [-0.4, -0.2) is 32.2 Å². The molecule has 94 valence electrons. The Labute approximate surface area is 113 Å². The van der Waals surface area contributed by atoms with Gasteiger partial charge in [-0.2, -0.15) is 0 Å². The van der Waals surface area contributed by atoms with Gasteiger partial charge in [0.15, 0.2) is 5.12 Å². The van der Waals surface area contributed by atoms with Gasteiger partial charge in [-0.15, -0.1) is 0 Å². The van der Waals surface area contributed by atoms with Crippen molar-refractivity contribution < 1.29 is 15.0 Å². The largest absolute Gasteiger partial charge is 0.390 e. The highest BCUT2D eigenvalue weighted by atomic mass is 79.9. The number of hydrogen-bond donors (Lipinski definition) is 2. The molecular weight excluding hydrogens is 306 g/mol. The van der Waals surface area contributed by atoms with Crippen LogP contribution in [0, 0.1) is 0 Å². The van der Waals surface area contributed by atoms with Crippen molar-refractivity contribution in [2.24, 2.45) is 0 Å². The molecule has 0 saturated heterocycles. The van der Waals surface area contributed by atoms with E-state index >= 15 is 0 Å². The number of hydrogen-bond acceptors (Lipinski definition) is 5. The van der Waals surface area contributed by atoms with E-state index in [1.165, 1.54) is 6.92 Å². The third-order valence-corrected chi connectivity index (χ3v) is 3.46. The van der Waals surface area contributed by atoms with Crippen LogP contribution in [-0.2, 0) is 4.79 Å². The van der Waals surface area contributed by atoms with Crippen LogP contribution in [0.2, 0.25) is 0 Å². The second kappa shape index (κ2) is 7.10. The fourth-order valence-electron chi connectivity index (χ4n) is 1.30. The summed E-state index contributed by atoms with van der Waals surface area (Å²) in [5, 5.41) is 19.7. The van der Waals surface area contributed by atoms with Gasteiger partial charge in [0.05, 0.1) is 6.10 Å². The Kier molecular flexibility index (Phi) is 6.11. The molecule has 6 heteroatoms. The van der Waals surface area contributed by atoms with Crippen molar-refractivity contribution in [3.05, 3.63) is 28.5 Å². The Morgan fingerprint density at radius 3 is 2.88 bits per heavy atom. The normalized spacial score (nSPS) is 14.4. The van der Waals surface area contributed by atoms with Gasteiger partial charge >= 0.3 is 0 Å². The zero-order valence-corrected chi connectivity index (χ0v) is 11.7. The number of aliphatic hydroxyl groups is 2. The Morgan fingerprint density at radius 1 is 1.59 bits per heavy atom. The fourth-order valence-corrected chi connectivity index (χ4v) is 2.33. The second-order valence-electron chi connectivity index (χ2n) is 3.55. The quantitative estimate of drug-likeness (QED) is 0.811. The van der Waals surface area contributed by atoms with Crippen LogP contribution in [0.3, 0.4) is 0 Å². The number of halogens is 1. The third-order valence-electron chi connectivity index (χ3n) is 2.18. The first-order valence-electron chi connectivity index (χ1n) is 5.11. The van der Waals surface area contributed by atoms with Crippen LogP contribution in [0.15, 0.2) is 22.9 Å². The molecule has 4 nitrogen and oxygen atoms in total. The maximum Gasteiger partial charge on any atom is 0.185 e. The average molecular weight is 320 g/mol. The van der Waals surface area contributed by atoms with Gasteiger partial charge < -0.3 is 10.2 Å². The average Bonchev–Trinajstić information content (AvgIpc) is 2.27. The summed E-state index contributed by atoms with van der Waals surface area (Å²) in [6.45, 7) is 1.48. The summed E-state index contributed by atoms with van der Waals surface area (Å²) >= 11 is 4.34. The molecule has 1 aromatic heterocycles. The fraction of sp³-hybridized carbons (Fsp3) is 0.455. The van der Waals surface area contributed by atoms with E-state index in [4.69, 9.17) is 0 Å². The van der Waals surface area contributed by atoms with Gasteiger partial charge in [-0.1, -0.05) is 11.8 Å². The molecule has 17 heavy (non-hydrogen) atoms. The molecule has 0 spiro atoms. The van der Waals surface area contributed by atoms with Crippen LogP contribution in [0.1, 0.15) is 25.0 Å². The number of pyridine rings is 1. The van der Waals surface area contributed by atoms with Gasteiger partial charge in [0.1, 0.15) is 10.7 Å². The van der Waals surface area contributed by atoms with E-state index in [1.54, 1.807) is 18.3 Å². The molecule has 2 atom stereocenters. The van der Waals surface area contributed by atoms with Gasteiger partial charge in [0, 0.05) is 18.9 Å². The number of carbonyl (C=O) groups excluding carboxylic acids is 1. The van der Waals surface area contributed by atoms with Crippen molar-refractivity contribution in [1.29, 1.82) is 0 Å². The first kappa shape index (κ1) is 14.6. The van der Waals surface area contributed by atoms with E-state index in [1.807, 2.05) is 0 Å². The monoisotopic (exact) mass is 319 g/mol. The van der Waals surface area contributed by atoms with Crippen molar-refractivity contribution in [2.45, 2.75) is 25.6 Å². The minimum atomic E-state index is -0.957. The Balaban J connectivity index is 2.51. The van der Waals surface area contributed by atoms with Crippen molar-refractivity contribution in [2.75, 3.05) is 5.75 Å². The summed E-state index contributed by atoms with van der Waals surface area (Å²) in [7, 11) is 0. The van der Waals surface area contributed by atoms with Crippen LogP contribution >= 0.6 is 27.7 Å². The first-order valence-corrected chi connectivity index (χ1v) is 6.89. The lowest BCUT2D eigenvalue weighted by Gasteiger charge is -2.17. The number of aliphatic hydroxyl groups excluding tert-OH is 2. The molecule has 1 rings (SSSR count). The number of nitrogens with zero attached hydrogens (tertiary/aromatic N) is 1. The summed E-state index contributed by atoms with van der Waals surface area (Å²) in [4.78, 5) is 14.7. The van der Waals surface area contributed by atoms with Crippen LogP contribution < -0.4 is 0 Å². The maximum atomic E-state index is 10.7. The highest BCUT2D eigenvalue weighted by Gasteiger charge is 2.18. The molecule has 0 saturated carbocycles. The molecule has 0 aliphatic heterocycles. The van der Waals surface area contributed by atoms with E-state index in [9.17, 15) is 15.0 Å². The molecule has 0 amide bonds. The summed E-state index contributed by atoms with van der Waals surface area (Å²) in [5.74, 6) is 0.500. The molecule has 0 aromatic carbocycles. The molecular formula is C11H14BrNO3S. The predicted molar refractivity (Wildman–Crippen MR) is 70.7 cm³/mol. The molecule has 0 aliphatic carbocycles. The standard InChI is InChI=1S/C11H14BrNO3S/c1-7(14)17-5-3-9(15)11(16)8-2-4-13-10(12)6-8/h2,4,6,9,11,15-16H,3,5H2,1H3. The highest BCUT2D eigenvalue weighted by molar-refractivity contribution is 9.10. The summed E-state index contributed by atoms with van der Waals surface area (Å²) in [6, 6.07) is 3.31. The highest BCUT2D eigenvalue weighted by Crippen LogP contribution is 2.22. The molecule has 1 aromatic rings. The van der Waals surface area contributed by atoms with E-state index in [-0.39, 0.29) is 5.12 Å². The molecule has 2 unspecified atom stereocenters. The number of rotatable bonds is 5. The Morgan fingerprint density at radius 2 is 2.29 bits per heavy atom. The number of aromatic nitrogens is 1. The van der Waals surface area contributed by atoms with Crippen molar-refractivity contribution >= 4 is 32.8 Å². The minimum Gasteiger partial charge on any atom is -0.390 e. The van der Waals surface area contributed by atoms with Crippen molar-refractivity contribution in [3.63, 3.8) is 0 Å². The maximum absolute atomic E-state index is 10.7. The number of thioether (sulfide) groups is 1. The Bertz CT molecular complexity index is 389. The number of carbonyl (C=O) groups is 1. The van der Waals surface area contributed by atoms with Crippen molar-refractivity contribution in [3.8, 4) is 0 Å². The van der Waals surface area contributed by atoms with Crippen molar-refractivity contribution in [1.82, 2.24) is 4.98 Å². The lowest BCUT2D eigenvalue weighted by atomic mass is 10.0. The predicted octanol–water partition coefficient (Wildman–Crippen LogP) is 1.91. The van der Waals surface area contributed by atoms with E-state index < -0.39 is 12.2 Å². The molecule has 0 bridgehead atoms. The third kappa shape index (κ3) is 5.16. The van der Waals surface area contributed by atoms with Crippen LogP contribution in [0.4, 0.5) is 0 Å². The molecule has 0 aliphatic rings. The zero-order chi connectivity index (χ0) is 12.8. The smallest absolute Gasteiger partial charge is 0.185 e. The molecule has 0 radical (unpaired) electrons. The van der Waals surface area contributed by atoms with Gasteiger partial charge in [-0.05, 0) is 40.0 Å². The zero-order valence-electron chi connectivity index (χ0n) is 9.34. The minimum absolute atomic E-state index is 0.0124. The summed E-state index contributed by atoms with van der Waals surface area (Å²) < 4.78 is 0.611. The van der Waals surface area contributed by atoms with E-state index in [0.717, 1.165) is 11.8 Å². The van der Waals surface area contributed by atoms with Crippen LogP contribution in [0.25, 0.3) is 0 Å². The first-order chi connectivity index (χ1) is 8.00. The molecule has 0 fully saturated rings. The van der Waals surface area contributed by atoms with Crippen LogP contribution in [0.5, 0.6) is 0 Å². The van der Waals surface area contributed by atoms with Gasteiger partial charge in [-0.3, -0.25) is 4.79 Å². The SMILES string of the molecule is CC(=O)SCCC(O)C(O)c1ccnc(Br)c1. The van der Waals surface area contributed by atoms with Gasteiger partial charge in [0.25, 0.3) is 0 Å². The van der Waals surface area contributed by atoms with Gasteiger partial charge in [0.2, 0.25) is 0 Å². The second-order valence-corrected chi connectivity index (χ2v) is 5.64. The van der Waals surface area contributed by atoms with Gasteiger partial charge in [-0.25, -0.2) is 4.98 Å². The lowest BCUT2D eigenvalue weighted by molar-refractivity contribution is -0.109. The lowest BCUT2D eigenvalue weighted by Crippen LogP contribution is -2.19. The summed E-state index contributed by atoms with van der Waals surface area (Å²) in [5.41, 5.74) is 0.604. The Hall–Kier alpha value is -0.430. The molecule has 1 heterocycles. The summed E-state index contributed by atoms with van der Waals surface area (Å²) in [6.07, 6.45) is 0.0865. The topological polar surface area (TPSA) is 70.4 Å². The molecule has 2 N–H and O–H groups in total. The van der Waals surface area contributed by atoms with E-state index in [0.29, 0.717) is 22.3 Å². The van der Waals surface area contributed by atoms with E-state index in [2.05, 4.69) is 20.9 Å².